The highest BCUT2D eigenvalue weighted by molar-refractivity contribution is 6.63. The highest BCUT2D eigenvalue weighted by Crippen LogP contribution is 2.37. The largest absolute Gasteiger partial charge is 0.498 e. The van der Waals surface area contributed by atoms with Gasteiger partial charge in [-0.25, -0.2) is 5.43 Å². The van der Waals surface area contributed by atoms with Crippen LogP contribution >= 0.6 is 0 Å². The average Bonchev–Trinajstić information content (AvgIpc) is 2.97. The van der Waals surface area contributed by atoms with Crippen molar-refractivity contribution in [3.63, 3.8) is 0 Å². The Morgan fingerprint density at radius 3 is 2.31 bits per heavy atom. The van der Waals surface area contributed by atoms with Gasteiger partial charge in [0.15, 0.2) is 0 Å². The molecule has 1 saturated heterocycles. The molecule has 0 bridgehead atoms. The highest BCUT2D eigenvalue weighted by Gasteiger charge is 2.53. The van der Waals surface area contributed by atoms with E-state index >= 15 is 0 Å². The summed E-state index contributed by atoms with van der Waals surface area (Å²) in [4.78, 5) is 12.9. The van der Waals surface area contributed by atoms with Gasteiger partial charge in [-0.15, -0.1) is 0 Å². The molecule has 0 saturated carbocycles. The first kappa shape index (κ1) is 18.7. The summed E-state index contributed by atoms with van der Waals surface area (Å²) in [5.41, 5.74) is 6.61. The van der Waals surface area contributed by atoms with Crippen molar-refractivity contribution in [2.24, 2.45) is 0 Å². The van der Waals surface area contributed by atoms with Crippen LogP contribution in [0.5, 0.6) is 0 Å². The highest BCUT2D eigenvalue weighted by atomic mass is 16.7. The second-order valence-corrected chi connectivity index (χ2v) is 7.95. The molecule has 0 spiro atoms. The number of hydrogen-bond donors (Lipinski definition) is 1. The zero-order valence-electron chi connectivity index (χ0n) is 16.5. The summed E-state index contributed by atoms with van der Waals surface area (Å²) < 4.78 is 12.4. The summed E-state index contributed by atoms with van der Waals surface area (Å²) in [5, 5.41) is 4.58. The summed E-state index contributed by atoms with van der Waals surface area (Å²) in [6, 6.07) is 6.20. The molecule has 1 aliphatic rings. The van der Waals surface area contributed by atoms with Gasteiger partial charge in [0, 0.05) is 24.1 Å². The van der Waals surface area contributed by atoms with Gasteiger partial charge in [0.1, 0.15) is 0 Å². The molecular formula is C19H26BN3O3. The van der Waals surface area contributed by atoms with Crippen LogP contribution < -0.4 is 10.9 Å². The van der Waals surface area contributed by atoms with E-state index in [0.717, 1.165) is 22.3 Å². The molecule has 1 aromatic heterocycles. The Kier molecular flexibility index (Phi) is 4.49. The van der Waals surface area contributed by atoms with E-state index in [-0.39, 0.29) is 5.91 Å². The lowest BCUT2D eigenvalue weighted by molar-refractivity contribution is -0.115. The lowest BCUT2D eigenvalue weighted by atomic mass is 9.77. The first-order valence-electron chi connectivity index (χ1n) is 8.80. The summed E-state index contributed by atoms with van der Waals surface area (Å²) in [5.74, 6) is -0.194. The number of carbonyl (C=O) groups is 1. The second-order valence-electron chi connectivity index (χ2n) is 7.95. The first-order chi connectivity index (χ1) is 12.0. The van der Waals surface area contributed by atoms with Crippen molar-refractivity contribution in [3.05, 3.63) is 35.5 Å². The van der Waals surface area contributed by atoms with Crippen LogP contribution in [-0.2, 0) is 14.1 Å². The Balaban J connectivity index is 2.09. The molecule has 1 amide bonds. The van der Waals surface area contributed by atoms with Crippen LogP contribution in [0.15, 0.2) is 24.4 Å². The Labute approximate surface area is 155 Å². The first-order valence-corrected chi connectivity index (χ1v) is 8.80. The lowest BCUT2D eigenvalue weighted by Gasteiger charge is -2.32. The maximum Gasteiger partial charge on any atom is 0.498 e. The van der Waals surface area contributed by atoms with Crippen molar-refractivity contribution in [2.45, 2.75) is 59.7 Å². The van der Waals surface area contributed by atoms with Gasteiger partial charge in [-0.2, -0.15) is 9.89 Å². The predicted octanol–water partition coefficient (Wildman–Crippen LogP) is 2.56. The summed E-state index contributed by atoms with van der Waals surface area (Å²) in [7, 11) is -0.557. The standard InChI is InChI=1S/C19H26BN3O3/c1-12-8-9-15(13(2)10-12)17-16(11-23(22-17)21-14(3)24)20-25-18(4,5)19(6,7)26-20/h8-11H,1-7H3,(H,21,24). The van der Waals surface area contributed by atoms with Crippen molar-refractivity contribution in [1.82, 2.24) is 9.89 Å². The van der Waals surface area contributed by atoms with Gasteiger partial charge in [-0.3, -0.25) is 4.79 Å². The fraction of sp³-hybridized carbons (Fsp3) is 0.474. The maximum absolute atomic E-state index is 11.5. The van der Waals surface area contributed by atoms with E-state index in [4.69, 9.17) is 9.31 Å². The minimum atomic E-state index is -0.557. The molecule has 0 atom stereocenters. The van der Waals surface area contributed by atoms with Crippen LogP contribution in [0, 0.1) is 13.8 Å². The molecule has 0 radical (unpaired) electrons. The topological polar surface area (TPSA) is 65.4 Å². The van der Waals surface area contributed by atoms with E-state index in [1.807, 2.05) is 46.8 Å². The Morgan fingerprint density at radius 2 is 1.77 bits per heavy atom. The van der Waals surface area contributed by atoms with E-state index in [9.17, 15) is 4.79 Å². The quantitative estimate of drug-likeness (QED) is 0.860. The van der Waals surface area contributed by atoms with Gasteiger partial charge < -0.3 is 9.31 Å². The van der Waals surface area contributed by atoms with Gasteiger partial charge >= 0.3 is 7.12 Å². The number of hydrogen-bond acceptors (Lipinski definition) is 4. The van der Waals surface area contributed by atoms with Crippen LogP contribution in [0.2, 0.25) is 0 Å². The number of aryl methyl sites for hydroxylation is 2. The molecule has 2 heterocycles. The van der Waals surface area contributed by atoms with Crippen LogP contribution in [0.1, 0.15) is 45.7 Å². The molecule has 6 nitrogen and oxygen atoms in total. The van der Waals surface area contributed by atoms with Crippen LogP contribution in [0.3, 0.4) is 0 Å². The molecule has 1 aromatic carbocycles. The molecule has 7 heteroatoms. The number of rotatable bonds is 3. The van der Waals surface area contributed by atoms with Crippen LogP contribution in [-0.4, -0.2) is 34.1 Å². The third-order valence-corrected chi connectivity index (χ3v) is 5.16. The number of benzene rings is 1. The number of aromatic nitrogens is 2. The van der Waals surface area contributed by atoms with Gasteiger partial charge in [-0.1, -0.05) is 23.8 Å². The fourth-order valence-electron chi connectivity index (χ4n) is 3.04. The monoisotopic (exact) mass is 355 g/mol. The Hall–Kier alpha value is -2.12. The minimum Gasteiger partial charge on any atom is -0.399 e. The number of amides is 1. The van der Waals surface area contributed by atoms with E-state index in [1.54, 1.807) is 6.20 Å². The number of carbonyl (C=O) groups excluding carboxylic acids is 1. The third-order valence-electron chi connectivity index (χ3n) is 5.16. The summed E-state index contributed by atoms with van der Waals surface area (Å²) in [6.07, 6.45) is 1.76. The zero-order chi connectivity index (χ0) is 19.3. The van der Waals surface area contributed by atoms with Gasteiger partial charge in [0.05, 0.1) is 16.9 Å². The van der Waals surface area contributed by atoms with E-state index in [0.29, 0.717) is 0 Å². The third kappa shape index (κ3) is 3.29. The van der Waals surface area contributed by atoms with Crippen molar-refractivity contribution in [2.75, 3.05) is 5.43 Å². The van der Waals surface area contributed by atoms with Crippen molar-refractivity contribution in [3.8, 4) is 11.3 Å². The smallest absolute Gasteiger partial charge is 0.399 e. The lowest BCUT2D eigenvalue weighted by Crippen LogP contribution is -2.41. The van der Waals surface area contributed by atoms with Crippen molar-refractivity contribution >= 4 is 18.5 Å². The van der Waals surface area contributed by atoms with E-state index in [2.05, 4.69) is 23.5 Å². The van der Waals surface area contributed by atoms with Crippen LogP contribution in [0.4, 0.5) is 0 Å². The summed E-state index contributed by atoms with van der Waals surface area (Å²) in [6.45, 7) is 13.6. The van der Waals surface area contributed by atoms with Gasteiger partial charge in [0.2, 0.25) is 5.91 Å². The summed E-state index contributed by atoms with van der Waals surface area (Å²) >= 11 is 0. The fourth-order valence-corrected chi connectivity index (χ4v) is 3.04. The molecule has 138 valence electrons. The number of nitrogens with zero attached hydrogens (tertiary/aromatic N) is 2. The molecule has 1 fully saturated rings. The molecule has 3 rings (SSSR count). The maximum atomic E-state index is 11.5. The van der Waals surface area contributed by atoms with Crippen LogP contribution in [0.25, 0.3) is 11.3 Å². The molecule has 1 N–H and O–H groups in total. The SMILES string of the molecule is CC(=O)Nn1cc(B2OC(C)(C)C(C)(C)O2)c(-c2ccc(C)cc2C)n1. The van der Waals surface area contributed by atoms with Gasteiger partial charge in [0.25, 0.3) is 0 Å². The molecule has 0 aliphatic carbocycles. The normalized spacial score (nSPS) is 18.2. The molecule has 2 aromatic rings. The van der Waals surface area contributed by atoms with E-state index in [1.165, 1.54) is 17.3 Å². The van der Waals surface area contributed by atoms with Crippen molar-refractivity contribution < 1.29 is 14.1 Å². The van der Waals surface area contributed by atoms with Crippen molar-refractivity contribution in [1.29, 1.82) is 0 Å². The van der Waals surface area contributed by atoms with Gasteiger partial charge in [-0.05, 0) is 47.1 Å². The Bertz CT molecular complexity index is 842. The molecule has 1 aliphatic heterocycles. The zero-order valence-corrected chi connectivity index (χ0v) is 16.5. The molecule has 0 unspecified atom stereocenters. The Morgan fingerprint density at radius 1 is 1.15 bits per heavy atom. The molecular weight excluding hydrogens is 329 g/mol. The second kappa shape index (κ2) is 6.25. The van der Waals surface area contributed by atoms with E-state index < -0.39 is 18.3 Å². The predicted molar refractivity (Wildman–Crippen MR) is 103 cm³/mol. The number of nitrogens with one attached hydrogen (secondary N) is 1. The average molecular weight is 355 g/mol. The minimum absolute atomic E-state index is 0.194. The molecule has 26 heavy (non-hydrogen) atoms.